The number of ketones is 1. The van der Waals surface area contributed by atoms with Gasteiger partial charge in [0.15, 0.2) is 5.78 Å². The molecule has 3 rings (SSSR count). The fourth-order valence-electron chi connectivity index (χ4n) is 3.69. The molecule has 2 aromatic rings. The molecule has 0 aromatic heterocycles. The molecule has 0 radical (unpaired) electrons. The zero-order chi connectivity index (χ0) is 18.0. The fourth-order valence-corrected chi connectivity index (χ4v) is 5.89. The topological polar surface area (TPSA) is 17.1 Å². The van der Waals surface area contributed by atoms with Crippen LogP contribution in [0.4, 0.5) is 0 Å². The molecule has 25 heavy (non-hydrogen) atoms. The third kappa shape index (κ3) is 2.90. The summed E-state index contributed by atoms with van der Waals surface area (Å²) in [7, 11) is 0. The lowest BCUT2D eigenvalue weighted by atomic mass is 9.83. The largest absolute Gasteiger partial charge is 0.294 e. The molecular formula is C22H22OS2. The first kappa shape index (κ1) is 18.1. The molecule has 1 nitrogen and oxygen atoms in total. The van der Waals surface area contributed by atoms with Gasteiger partial charge in [-0.05, 0) is 37.5 Å². The van der Waals surface area contributed by atoms with E-state index in [-0.39, 0.29) is 11.2 Å². The van der Waals surface area contributed by atoms with Gasteiger partial charge in [-0.15, -0.1) is 23.5 Å². The quantitative estimate of drug-likeness (QED) is 0.652. The Bertz CT molecular complexity index is 850. The van der Waals surface area contributed by atoms with Crippen molar-refractivity contribution >= 4 is 34.9 Å². The standard InChI is InChI=1S/C22H22OS2/c1-15(23)18-19(16-11-7-5-8-12-16)21(25-4)22(2,20(18)24-3)17-13-9-6-10-14-17/h5-14H,1-4H3. The van der Waals surface area contributed by atoms with Crippen molar-refractivity contribution in [2.24, 2.45) is 0 Å². The summed E-state index contributed by atoms with van der Waals surface area (Å²) >= 11 is 3.44. The summed E-state index contributed by atoms with van der Waals surface area (Å²) in [4.78, 5) is 15.1. The van der Waals surface area contributed by atoms with Crippen LogP contribution in [0.15, 0.2) is 76.0 Å². The number of thioether (sulfide) groups is 2. The summed E-state index contributed by atoms with van der Waals surface area (Å²) in [6, 6.07) is 20.8. The lowest BCUT2D eigenvalue weighted by molar-refractivity contribution is -0.113. The highest BCUT2D eigenvalue weighted by molar-refractivity contribution is 8.04. The van der Waals surface area contributed by atoms with Crippen molar-refractivity contribution < 1.29 is 4.79 Å². The minimum absolute atomic E-state index is 0.134. The van der Waals surface area contributed by atoms with Crippen LogP contribution in [0, 0.1) is 0 Å². The zero-order valence-corrected chi connectivity index (χ0v) is 16.6. The van der Waals surface area contributed by atoms with Crippen LogP contribution >= 0.6 is 23.5 Å². The molecule has 0 saturated carbocycles. The van der Waals surface area contributed by atoms with Gasteiger partial charge in [0.1, 0.15) is 0 Å². The van der Waals surface area contributed by atoms with Gasteiger partial charge in [-0.1, -0.05) is 60.7 Å². The molecule has 0 saturated heterocycles. The van der Waals surface area contributed by atoms with Crippen molar-refractivity contribution in [3.8, 4) is 0 Å². The van der Waals surface area contributed by atoms with Crippen molar-refractivity contribution in [1.29, 1.82) is 0 Å². The van der Waals surface area contributed by atoms with E-state index in [0.29, 0.717) is 0 Å². The molecule has 0 heterocycles. The van der Waals surface area contributed by atoms with Crippen LogP contribution in [0.3, 0.4) is 0 Å². The summed E-state index contributed by atoms with van der Waals surface area (Å²) in [5.41, 5.74) is 4.02. The first-order valence-corrected chi connectivity index (χ1v) is 10.7. The molecule has 1 aliphatic rings. The molecule has 1 unspecified atom stereocenters. The molecule has 3 heteroatoms. The van der Waals surface area contributed by atoms with E-state index in [2.05, 4.69) is 55.8 Å². The predicted octanol–water partition coefficient (Wildman–Crippen LogP) is 5.94. The van der Waals surface area contributed by atoms with Crippen molar-refractivity contribution in [3.63, 3.8) is 0 Å². The van der Waals surface area contributed by atoms with Crippen LogP contribution in [0.5, 0.6) is 0 Å². The van der Waals surface area contributed by atoms with E-state index in [4.69, 9.17) is 0 Å². The van der Waals surface area contributed by atoms with E-state index in [9.17, 15) is 4.79 Å². The minimum Gasteiger partial charge on any atom is -0.294 e. The molecule has 0 bridgehead atoms. The van der Waals surface area contributed by atoms with E-state index in [1.165, 1.54) is 10.5 Å². The number of hydrogen-bond donors (Lipinski definition) is 0. The second kappa shape index (κ2) is 7.27. The second-order valence-corrected chi connectivity index (χ2v) is 7.86. The van der Waals surface area contributed by atoms with Gasteiger partial charge < -0.3 is 0 Å². The van der Waals surface area contributed by atoms with E-state index in [0.717, 1.165) is 21.6 Å². The summed E-state index contributed by atoms with van der Waals surface area (Å²) in [5, 5.41) is 0. The Kier molecular flexibility index (Phi) is 5.26. The third-order valence-corrected chi connectivity index (χ3v) is 6.83. The molecule has 0 spiro atoms. The molecule has 2 aromatic carbocycles. The maximum atomic E-state index is 12.7. The number of carbonyl (C=O) groups excluding carboxylic acids is 1. The van der Waals surface area contributed by atoms with Crippen molar-refractivity contribution in [2.45, 2.75) is 19.3 Å². The van der Waals surface area contributed by atoms with E-state index < -0.39 is 0 Å². The molecule has 0 N–H and O–H groups in total. The highest BCUT2D eigenvalue weighted by Gasteiger charge is 2.45. The molecule has 1 aliphatic carbocycles. The summed E-state index contributed by atoms with van der Waals surface area (Å²) in [6.45, 7) is 3.93. The van der Waals surface area contributed by atoms with E-state index in [1.54, 1.807) is 30.4 Å². The van der Waals surface area contributed by atoms with E-state index >= 15 is 0 Å². The van der Waals surface area contributed by atoms with Gasteiger partial charge in [0.05, 0.1) is 5.41 Å². The van der Waals surface area contributed by atoms with Crippen molar-refractivity contribution in [2.75, 3.05) is 12.5 Å². The highest BCUT2D eigenvalue weighted by atomic mass is 32.2. The lowest BCUT2D eigenvalue weighted by Crippen LogP contribution is -2.23. The van der Waals surface area contributed by atoms with Gasteiger partial charge in [-0.2, -0.15) is 0 Å². The number of rotatable bonds is 5. The van der Waals surface area contributed by atoms with Gasteiger partial charge in [0.25, 0.3) is 0 Å². The van der Waals surface area contributed by atoms with Crippen LogP contribution in [0.25, 0.3) is 5.57 Å². The van der Waals surface area contributed by atoms with Gasteiger partial charge in [-0.3, -0.25) is 4.79 Å². The SMILES string of the molecule is CSC1=C(C(C)=O)C(c2ccccc2)=C(SC)C1(C)c1ccccc1. The van der Waals surface area contributed by atoms with Crippen LogP contribution in [-0.4, -0.2) is 18.3 Å². The number of allylic oxidation sites excluding steroid dienone is 4. The van der Waals surface area contributed by atoms with Crippen LogP contribution in [0.1, 0.15) is 25.0 Å². The summed E-state index contributed by atoms with van der Waals surface area (Å²) in [6.07, 6.45) is 4.19. The van der Waals surface area contributed by atoms with Crippen LogP contribution in [0.2, 0.25) is 0 Å². The Hall–Kier alpha value is -1.71. The number of benzene rings is 2. The molecule has 1 atom stereocenters. The molecule has 0 fully saturated rings. The smallest absolute Gasteiger partial charge is 0.161 e. The Morgan fingerprint density at radius 2 is 1.36 bits per heavy atom. The molecule has 128 valence electrons. The van der Waals surface area contributed by atoms with Gasteiger partial charge in [0, 0.05) is 21.0 Å². The number of carbonyl (C=O) groups is 1. The van der Waals surface area contributed by atoms with E-state index in [1.807, 2.05) is 24.3 Å². The van der Waals surface area contributed by atoms with Crippen molar-refractivity contribution in [1.82, 2.24) is 0 Å². The molecule has 0 amide bonds. The minimum atomic E-state index is -0.285. The highest BCUT2D eigenvalue weighted by Crippen LogP contribution is 2.58. The Morgan fingerprint density at radius 1 is 0.840 bits per heavy atom. The normalized spacial score (nSPS) is 20.3. The molecule has 0 aliphatic heterocycles. The third-order valence-electron chi connectivity index (χ3n) is 4.79. The lowest BCUT2D eigenvalue weighted by Gasteiger charge is -2.31. The summed E-state index contributed by atoms with van der Waals surface area (Å²) in [5.74, 6) is 0.134. The first-order valence-electron chi connectivity index (χ1n) is 8.25. The van der Waals surface area contributed by atoms with Crippen LogP contribution < -0.4 is 0 Å². The van der Waals surface area contributed by atoms with Crippen molar-refractivity contribution in [3.05, 3.63) is 87.2 Å². The maximum absolute atomic E-state index is 12.7. The first-order chi connectivity index (χ1) is 12.1. The fraction of sp³-hybridized carbons (Fsp3) is 0.227. The Balaban J connectivity index is 2.39. The zero-order valence-electron chi connectivity index (χ0n) is 15.0. The monoisotopic (exact) mass is 366 g/mol. The average Bonchev–Trinajstić information content (AvgIpc) is 2.92. The van der Waals surface area contributed by atoms with Gasteiger partial charge in [-0.25, -0.2) is 0 Å². The Morgan fingerprint density at radius 3 is 1.84 bits per heavy atom. The molecular weight excluding hydrogens is 344 g/mol. The second-order valence-electron chi connectivity index (χ2n) is 6.23. The number of Topliss-reactive ketones (excluding diaryl/α,β-unsaturated/α-hetero) is 1. The average molecular weight is 367 g/mol. The Labute approximate surface area is 158 Å². The predicted molar refractivity (Wildman–Crippen MR) is 112 cm³/mol. The number of hydrogen-bond acceptors (Lipinski definition) is 3. The van der Waals surface area contributed by atoms with Gasteiger partial charge in [0.2, 0.25) is 0 Å². The maximum Gasteiger partial charge on any atom is 0.161 e. The summed E-state index contributed by atoms with van der Waals surface area (Å²) < 4.78 is 0. The van der Waals surface area contributed by atoms with Crippen LogP contribution in [-0.2, 0) is 10.2 Å². The van der Waals surface area contributed by atoms with Gasteiger partial charge >= 0.3 is 0 Å².